The zero-order valence-electron chi connectivity index (χ0n) is 15.0. The Morgan fingerprint density at radius 3 is 2.42 bits per heavy atom. The van der Waals surface area contributed by atoms with Gasteiger partial charge in [-0.05, 0) is 60.8 Å². The van der Waals surface area contributed by atoms with Crippen LogP contribution in [0.15, 0.2) is 51.6 Å². The van der Waals surface area contributed by atoms with Crippen molar-refractivity contribution in [3.63, 3.8) is 0 Å². The van der Waals surface area contributed by atoms with Gasteiger partial charge in [-0.15, -0.1) is 0 Å². The topological polar surface area (TPSA) is 80.6 Å². The molecule has 2 N–H and O–H groups in total. The molecule has 2 amide bonds. The van der Waals surface area contributed by atoms with Crippen LogP contribution < -0.4 is 10.6 Å². The first-order valence-electron chi connectivity index (χ1n) is 8.30. The minimum Gasteiger partial charge on any atom is -0.444 e. The Morgan fingerprint density at radius 1 is 1.15 bits per heavy atom. The van der Waals surface area contributed by atoms with Crippen molar-refractivity contribution in [2.75, 3.05) is 6.54 Å². The van der Waals surface area contributed by atoms with Crippen LogP contribution in [0, 0.1) is 0 Å². The van der Waals surface area contributed by atoms with E-state index in [9.17, 15) is 9.59 Å². The van der Waals surface area contributed by atoms with Gasteiger partial charge in [0.25, 0.3) is 5.91 Å². The van der Waals surface area contributed by atoms with Crippen molar-refractivity contribution in [3.8, 4) is 0 Å². The fraction of sp³-hybridized carbons (Fsp3) is 0.368. The predicted molar refractivity (Wildman–Crippen MR) is 102 cm³/mol. The second-order valence-corrected chi connectivity index (χ2v) is 7.63. The third kappa shape index (κ3) is 6.92. The molecular weight excluding hydrogens is 400 g/mol. The molecule has 6 nitrogen and oxygen atoms in total. The minimum absolute atomic E-state index is 0.201. The molecule has 1 aromatic heterocycles. The molecule has 1 unspecified atom stereocenters. The van der Waals surface area contributed by atoms with Gasteiger partial charge in [-0.2, -0.15) is 0 Å². The predicted octanol–water partition coefficient (Wildman–Crippen LogP) is 3.91. The number of carbonyl (C=O) groups is 2. The normalized spacial score (nSPS) is 12.3. The summed E-state index contributed by atoms with van der Waals surface area (Å²) in [4.78, 5) is 24.3. The van der Waals surface area contributed by atoms with Crippen LogP contribution in [0.5, 0.6) is 0 Å². The average Bonchev–Trinajstić information content (AvgIpc) is 2.98. The molecule has 0 aliphatic rings. The van der Waals surface area contributed by atoms with Crippen LogP contribution in [0.1, 0.15) is 36.9 Å². The van der Waals surface area contributed by atoms with Crippen molar-refractivity contribution < 1.29 is 18.7 Å². The molecular formula is C19H23BrN2O4. The highest BCUT2D eigenvalue weighted by molar-refractivity contribution is 9.10. The molecule has 0 fully saturated rings. The molecule has 0 saturated heterocycles. The fourth-order valence-electron chi connectivity index (χ4n) is 2.29. The molecule has 2 aromatic rings. The third-order valence-electron chi connectivity index (χ3n) is 3.35. The summed E-state index contributed by atoms with van der Waals surface area (Å²) in [7, 11) is 0. The highest BCUT2D eigenvalue weighted by Crippen LogP contribution is 2.14. The van der Waals surface area contributed by atoms with Gasteiger partial charge in [0.2, 0.25) is 0 Å². The third-order valence-corrected chi connectivity index (χ3v) is 3.78. The molecule has 0 bridgehead atoms. The van der Waals surface area contributed by atoms with E-state index in [0.29, 0.717) is 11.1 Å². The summed E-state index contributed by atoms with van der Waals surface area (Å²) in [5.41, 5.74) is 0.465. The standard InChI is InChI=1S/C19H23BrN2O4/c1-19(2,3)26-18(24)21-12-14(11-13-7-5-4-6-8-13)22-17(23)15-9-10-16(20)25-15/h4-10,14H,11-12H2,1-3H3,(H,21,24)(H,22,23). The van der Waals surface area contributed by atoms with E-state index in [0.717, 1.165) is 5.56 Å². The van der Waals surface area contributed by atoms with E-state index < -0.39 is 11.7 Å². The van der Waals surface area contributed by atoms with E-state index in [1.165, 1.54) is 0 Å². The number of furan rings is 1. The largest absolute Gasteiger partial charge is 0.444 e. The van der Waals surface area contributed by atoms with Crippen LogP contribution in [0.3, 0.4) is 0 Å². The van der Waals surface area contributed by atoms with Gasteiger partial charge in [0.15, 0.2) is 10.4 Å². The Bertz CT molecular complexity index is 737. The lowest BCUT2D eigenvalue weighted by Crippen LogP contribution is -2.46. The molecule has 0 saturated carbocycles. The smallest absolute Gasteiger partial charge is 0.407 e. The van der Waals surface area contributed by atoms with Gasteiger partial charge in [-0.1, -0.05) is 30.3 Å². The van der Waals surface area contributed by atoms with Crippen molar-refractivity contribution in [2.24, 2.45) is 0 Å². The maximum atomic E-state index is 12.4. The quantitative estimate of drug-likeness (QED) is 0.739. The summed E-state index contributed by atoms with van der Waals surface area (Å²) in [5, 5.41) is 5.60. The van der Waals surface area contributed by atoms with E-state index in [1.807, 2.05) is 30.3 Å². The lowest BCUT2D eigenvalue weighted by atomic mass is 10.1. The van der Waals surface area contributed by atoms with Gasteiger partial charge < -0.3 is 19.8 Å². The number of benzene rings is 1. The number of hydrogen-bond donors (Lipinski definition) is 2. The summed E-state index contributed by atoms with van der Waals surface area (Å²) in [6, 6.07) is 12.6. The molecule has 0 aliphatic carbocycles. The molecule has 140 valence electrons. The van der Waals surface area contributed by atoms with Crippen LogP contribution in [-0.4, -0.2) is 30.2 Å². The van der Waals surface area contributed by atoms with Crippen molar-refractivity contribution >= 4 is 27.9 Å². The first kappa shape index (κ1) is 20.0. The molecule has 1 aromatic carbocycles. The van der Waals surface area contributed by atoms with Gasteiger partial charge in [0, 0.05) is 6.54 Å². The van der Waals surface area contributed by atoms with Crippen LogP contribution in [0.25, 0.3) is 0 Å². The van der Waals surface area contributed by atoms with Gasteiger partial charge in [0.1, 0.15) is 5.60 Å². The summed E-state index contributed by atoms with van der Waals surface area (Å²) >= 11 is 3.18. The van der Waals surface area contributed by atoms with E-state index >= 15 is 0 Å². The second kappa shape index (κ2) is 8.89. The summed E-state index contributed by atoms with van der Waals surface area (Å²) in [6.07, 6.45) is 0.0371. The number of rotatable bonds is 6. The number of alkyl carbamates (subject to hydrolysis) is 1. The van der Waals surface area contributed by atoms with Gasteiger partial charge in [-0.25, -0.2) is 4.79 Å². The highest BCUT2D eigenvalue weighted by atomic mass is 79.9. The first-order valence-corrected chi connectivity index (χ1v) is 9.09. The van der Waals surface area contributed by atoms with Crippen LogP contribution >= 0.6 is 15.9 Å². The van der Waals surface area contributed by atoms with Crippen LogP contribution in [0.4, 0.5) is 4.79 Å². The van der Waals surface area contributed by atoms with E-state index in [-0.39, 0.29) is 24.3 Å². The number of hydrogen-bond acceptors (Lipinski definition) is 4. The van der Waals surface area contributed by atoms with Crippen LogP contribution in [0.2, 0.25) is 0 Å². The Kier molecular flexibility index (Phi) is 6.85. The monoisotopic (exact) mass is 422 g/mol. The van der Waals surface area contributed by atoms with E-state index in [1.54, 1.807) is 32.9 Å². The number of carbonyl (C=O) groups excluding carboxylic acids is 2. The maximum Gasteiger partial charge on any atom is 0.407 e. The number of ether oxygens (including phenoxy) is 1. The minimum atomic E-state index is -0.581. The Balaban J connectivity index is 2.01. The van der Waals surface area contributed by atoms with Crippen molar-refractivity contribution in [3.05, 3.63) is 58.5 Å². The lowest BCUT2D eigenvalue weighted by molar-refractivity contribution is 0.0519. The van der Waals surface area contributed by atoms with Crippen molar-refractivity contribution in [1.29, 1.82) is 0 Å². The van der Waals surface area contributed by atoms with Gasteiger partial charge in [-0.3, -0.25) is 4.79 Å². The van der Waals surface area contributed by atoms with Crippen molar-refractivity contribution in [1.82, 2.24) is 10.6 Å². The molecule has 0 spiro atoms. The molecule has 0 aliphatic heterocycles. The zero-order chi connectivity index (χ0) is 19.2. The van der Waals surface area contributed by atoms with E-state index in [4.69, 9.17) is 9.15 Å². The number of amides is 2. The fourth-order valence-corrected chi connectivity index (χ4v) is 2.59. The Morgan fingerprint density at radius 2 is 1.85 bits per heavy atom. The molecule has 2 rings (SSSR count). The van der Waals surface area contributed by atoms with E-state index in [2.05, 4.69) is 26.6 Å². The Labute approximate surface area is 161 Å². The van der Waals surface area contributed by atoms with Crippen LogP contribution in [-0.2, 0) is 11.2 Å². The molecule has 1 heterocycles. The zero-order valence-corrected chi connectivity index (χ0v) is 16.6. The first-order chi connectivity index (χ1) is 12.2. The molecule has 0 radical (unpaired) electrons. The van der Waals surface area contributed by atoms with Gasteiger partial charge in [0.05, 0.1) is 6.04 Å². The van der Waals surface area contributed by atoms with Gasteiger partial charge >= 0.3 is 6.09 Å². The molecule has 1 atom stereocenters. The second-order valence-electron chi connectivity index (χ2n) is 6.85. The summed E-state index contributed by atoms with van der Waals surface area (Å²) < 4.78 is 11.0. The maximum absolute atomic E-state index is 12.4. The SMILES string of the molecule is CC(C)(C)OC(=O)NCC(Cc1ccccc1)NC(=O)c1ccc(Br)o1. The number of halogens is 1. The summed E-state index contributed by atoms with van der Waals surface area (Å²) in [5.74, 6) is -0.144. The molecule has 7 heteroatoms. The average molecular weight is 423 g/mol. The molecule has 26 heavy (non-hydrogen) atoms. The van der Waals surface area contributed by atoms with Crippen molar-refractivity contribution in [2.45, 2.75) is 38.8 Å². The lowest BCUT2D eigenvalue weighted by Gasteiger charge is -2.22. The Hall–Kier alpha value is -2.28. The highest BCUT2D eigenvalue weighted by Gasteiger charge is 2.20. The number of nitrogens with one attached hydrogen (secondary N) is 2. The summed E-state index contributed by atoms with van der Waals surface area (Å²) in [6.45, 7) is 5.62.